The first kappa shape index (κ1) is 26.7. The van der Waals surface area contributed by atoms with Gasteiger partial charge in [0.05, 0.1) is 42.8 Å². The van der Waals surface area contributed by atoms with E-state index in [0.717, 1.165) is 27.5 Å². The molecule has 0 saturated carbocycles. The zero-order valence-electron chi connectivity index (χ0n) is 23.8. The van der Waals surface area contributed by atoms with E-state index in [1.165, 1.54) is 4.68 Å². The number of para-hydroxylation sites is 2. The molecule has 0 aliphatic carbocycles. The number of fused-ring (bicyclic) bond motifs is 3. The summed E-state index contributed by atoms with van der Waals surface area (Å²) < 4.78 is 20.4. The van der Waals surface area contributed by atoms with E-state index < -0.39 is 0 Å². The highest BCUT2D eigenvalue weighted by Crippen LogP contribution is 2.33. The van der Waals surface area contributed by atoms with Crippen molar-refractivity contribution in [3.05, 3.63) is 94.4 Å². The summed E-state index contributed by atoms with van der Waals surface area (Å²) in [4.78, 5) is 33.7. The molecule has 1 saturated heterocycles. The van der Waals surface area contributed by atoms with Crippen LogP contribution in [0.5, 0.6) is 5.75 Å². The molecule has 1 aliphatic heterocycles. The van der Waals surface area contributed by atoms with Crippen molar-refractivity contribution in [3.8, 4) is 17.3 Å². The molecule has 1 fully saturated rings. The lowest BCUT2D eigenvalue weighted by atomic mass is 10.1. The standard InChI is InChI=1S/C33H29N5O5/c1-21-25(22-8-4-6-11-27(22)37(21)20-31(39)36-14-16-42-17-15-36)19-34-38-32(35-26-10-5-3-9-23(26)33(38)40)30-18-24-28(41-2)12-7-13-29(24)43-30/h3-13,18-19H,14-17,20H2,1-2H3. The average molecular weight is 576 g/mol. The van der Waals surface area contributed by atoms with Crippen LogP contribution in [0, 0.1) is 6.92 Å². The molecule has 0 atom stereocenters. The van der Waals surface area contributed by atoms with Gasteiger partial charge in [0, 0.05) is 35.2 Å². The second-order valence-corrected chi connectivity index (χ2v) is 10.4. The van der Waals surface area contributed by atoms with E-state index in [2.05, 4.69) is 0 Å². The largest absolute Gasteiger partial charge is 0.496 e. The van der Waals surface area contributed by atoms with Crippen LogP contribution in [-0.2, 0) is 16.1 Å². The Morgan fingerprint density at radius 1 is 1.00 bits per heavy atom. The van der Waals surface area contributed by atoms with Crippen LogP contribution in [-0.4, -0.2) is 64.7 Å². The van der Waals surface area contributed by atoms with Crippen LogP contribution < -0.4 is 10.3 Å². The van der Waals surface area contributed by atoms with Crippen molar-refractivity contribution in [1.29, 1.82) is 0 Å². The van der Waals surface area contributed by atoms with Gasteiger partial charge in [-0.05, 0) is 43.3 Å². The highest BCUT2D eigenvalue weighted by atomic mass is 16.5. The molecule has 43 heavy (non-hydrogen) atoms. The lowest BCUT2D eigenvalue weighted by molar-refractivity contribution is -0.135. The predicted octanol–water partition coefficient (Wildman–Crippen LogP) is 4.82. The number of hydrogen-bond acceptors (Lipinski definition) is 7. The summed E-state index contributed by atoms with van der Waals surface area (Å²) in [6.45, 7) is 4.42. The number of carbonyl (C=O) groups is 1. The number of benzene rings is 3. The molecule has 1 aliphatic rings. The Bertz CT molecular complexity index is 2100. The van der Waals surface area contributed by atoms with E-state index in [1.54, 1.807) is 31.5 Å². The van der Waals surface area contributed by atoms with Gasteiger partial charge < -0.3 is 23.4 Å². The molecule has 1 amide bonds. The highest BCUT2D eigenvalue weighted by molar-refractivity contribution is 6.01. The third kappa shape index (κ3) is 4.65. The third-order valence-electron chi connectivity index (χ3n) is 7.95. The quantitative estimate of drug-likeness (QED) is 0.264. The van der Waals surface area contributed by atoms with E-state index in [0.29, 0.717) is 54.3 Å². The van der Waals surface area contributed by atoms with Gasteiger partial charge in [0.15, 0.2) is 5.76 Å². The lowest BCUT2D eigenvalue weighted by Crippen LogP contribution is -2.42. The van der Waals surface area contributed by atoms with Crippen molar-refractivity contribution in [2.24, 2.45) is 5.10 Å². The van der Waals surface area contributed by atoms with E-state index in [1.807, 2.05) is 71.0 Å². The maximum absolute atomic E-state index is 13.8. The fourth-order valence-electron chi connectivity index (χ4n) is 5.70. The number of methoxy groups -OCH3 is 1. The van der Waals surface area contributed by atoms with Gasteiger partial charge in [-0.25, -0.2) is 4.98 Å². The Balaban J connectivity index is 1.36. The van der Waals surface area contributed by atoms with Crippen molar-refractivity contribution < 1.29 is 18.7 Å². The smallest absolute Gasteiger partial charge is 0.282 e. The number of morpholine rings is 1. The van der Waals surface area contributed by atoms with Crippen molar-refractivity contribution >= 4 is 44.9 Å². The SMILES string of the molecule is COc1cccc2oc(-c3nc4ccccc4c(=O)n3N=Cc3c(C)n(CC(=O)N4CCOCC4)c4ccccc34)cc12. The summed E-state index contributed by atoms with van der Waals surface area (Å²) in [6.07, 6.45) is 1.66. The average Bonchev–Trinajstić information content (AvgIpc) is 3.60. The highest BCUT2D eigenvalue weighted by Gasteiger charge is 2.22. The first-order chi connectivity index (χ1) is 21.0. The molecular formula is C33H29N5O5. The number of amides is 1. The molecule has 6 aromatic rings. The zero-order chi connectivity index (χ0) is 29.5. The molecule has 0 unspecified atom stereocenters. The van der Waals surface area contributed by atoms with Gasteiger partial charge in [-0.1, -0.05) is 36.4 Å². The van der Waals surface area contributed by atoms with Crippen molar-refractivity contribution in [2.45, 2.75) is 13.5 Å². The Labute approximate surface area is 246 Å². The molecule has 4 heterocycles. The van der Waals surface area contributed by atoms with E-state index in [-0.39, 0.29) is 23.8 Å². The maximum atomic E-state index is 13.8. The van der Waals surface area contributed by atoms with Gasteiger partial charge in [-0.3, -0.25) is 9.59 Å². The van der Waals surface area contributed by atoms with Crippen LogP contribution in [0.25, 0.3) is 44.4 Å². The lowest BCUT2D eigenvalue weighted by Gasteiger charge is -2.27. The minimum atomic E-state index is -0.326. The zero-order valence-corrected chi connectivity index (χ0v) is 23.8. The summed E-state index contributed by atoms with van der Waals surface area (Å²) in [5, 5.41) is 6.84. The van der Waals surface area contributed by atoms with Crippen LogP contribution in [0.3, 0.4) is 0 Å². The van der Waals surface area contributed by atoms with Crippen molar-refractivity contribution in [1.82, 2.24) is 19.1 Å². The molecule has 0 bridgehead atoms. The molecule has 7 rings (SSSR count). The van der Waals surface area contributed by atoms with Crippen LogP contribution in [0.4, 0.5) is 0 Å². The van der Waals surface area contributed by atoms with Crippen LogP contribution in [0.15, 0.2) is 87.1 Å². The van der Waals surface area contributed by atoms with Crippen molar-refractivity contribution in [3.63, 3.8) is 0 Å². The molecule has 0 radical (unpaired) electrons. The minimum absolute atomic E-state index is 0.0354. The second-order valence-electron chi connectivity index (χ2n) is 10.4. The number of hydrogen-bond donors (Lipinski definition) is 0. The molecule has 10 nitrogen and oxygen atoms in total. The Kier molecular flexibility index (Phi) is 6.75. The molecular weight excluding hydrogens is 546 g/mol. The first-order valence-electron chi connectivity index (χ1n) is 14.1. The minimum Gasteiger partial charge on any atom is -0.496 e. The molecule has 3 aromatic carbocycles. The molecule has 0 N–H and O–H groups in total. The number of ether oxygens (including phenoxy) is 2. The van der Waals surface area contributed by atoms with E-state index in [4.69, 9.17) is 24.0 Å². The number of furan rings is 1. The van der Waals surface area contributed by atoms with Gasteiger partial charge >= 0.3 is 0 Å². The van der Waals surface area contributed by atoms with Gasteiger partial charge in [0.1, 0.15) is 17.9 Å². The Morgan fingerprint density at radius 2 is 1.77 bits per heavy atom. The van der Waals surface area contributed by atoms with Crippen molar-refractivity contribution in [2.75, 3.05) is 33.4 Å². The summed E-state index contributed by atoms with van der Waals surface area (Å²) >= 11 is 0. The summed E-state index contributed by atoms with van der Waals surface area (Å²) in [5.41, 5.74) is 3.41. The second kappa shape index (κ2) is 10.9. The van der Waals surface area contributed by atoms with Gasteiger partial charge in [0.2, 0.25) is 11.7 Å². The first-order valence-corrected chi connectivity index (χ1v) is 14.1. The summed E-state index contributed by atoms with van der Waals surface area (Å²) in [6, 6.07) is 22.4. The molecule has 0 spiro atoms. The molecule has 10 heteroatoms. The Hall–Kier alpha value is -5.22. The molecule has 3 aromatic heterocycles. The van der Waals surface area contributed by atoms with E-state index >= 15 is 0 Å². The van der Waals surface area contributed by atoms with Crippen LogP contribution >= 0.6 is 0 Å². The number of carbonyl (C=O) groups excluding carboxylic acids is 1. The number of rotatable bonds is 6. The Morgan fingerprint density at radius 3 is 2.58 bits per heavy atom. The normalized spacial score (nSPS) is 14.0. The monoisotopic (exact) mass is 575 g/mol. The van der Waals surface area contributed by atoms with Gasteiger partial charge in [0.25, 0.3) is 5.56 Å². The fraction of sp³-hybridized carbons (Fsp3) is 0.212. The molecule has 216 valence electrons. The summed E-state index contributed by atoms with van der Waals surface area (Å²) in [5.74, 6) is 1.34. The van der Waals surface area contributed by atoms with Crippen LogP contribution in [0.1, 0.15) is 11.3 Å². The van der Waals surface area contributed by atoms with Crippen LogP contribution in [0.2, 0.25) is 0 Å². The topological polar surface area (TPSA) is 104 Å². The number of nitrogens with zero attached hydrogens (tertiary/aromatic N) is 5. The predicted molar refractivity (Wildman–Crippen MR) is 165 cm³/mol. The van der Waals surface area contributed by atoms with E-state index in [9.17, 15) is 9.59 Å². The fourth-order valence-corrected chi connectivity index (χ4v) is 5.70. The number of aromatic nitrogens is 3. The van der Waals surface area contributed by atoms with Gasteiger partial charge in [-0.15, -0.1) is 0 Å². The maximum Gasteiger partial charge on any atom is 0.282 e. The van der Waals surface area contributed by atoms with Gasteiger partial charge in [-0.2, -0.15) is 9.78 Å². The summed E-state index contributed by atoms with van der Waals surface area (Å²) in [7, 11) is 1.60. The third-order valence-corrected chi connectivity index (χ3v) is 7.95.